The van der Waals surface area contributed by atoms with Crippen molar-refractivity contribution in [3.8, 4) is 16.8 Å². The molecule has 42 heavy (non-hydrogen) atoms. The smallest absolute Gasteiger partial charge is 0.269 e. The summed E-state index contributed by atoms with van der Waals surface area (Å²) in [6.07, 6.45) is -1.54. The minimum Gasteiger partial charge on any atom is -0.294 e. The zero-order valence-electron chi connectivity index (χ0n) is 37.4. The molecule has 0 fully saturated rings. The van der Waals surface area contributed by atoms with Crippen LogP contribution in [0.5, 0.6) is 0 Å². The molecule has 0 N–H and O–H groups in total. The second-order valence-electron chi connectivity index (χ2n) is 9.28. The number of benzene rings is 4. The van der Waals surface area contributed by atoms with Gasteiger partial charge in [0.05, 0.1) is 37.9 Å². The van der Waals surface area contributed by atoms with E-state index in [1.807, 2.05) is 0 Å². The molecule has 4 aromatic heterocycles. The lowest BCUT2D eigenvalue weighted by Gasteiger charge is -2.11. The molecular weight excluding hydrogens is 540 g/mol. The summed E-state index contributed by atoms with van der Waals surface area (Å²) >= 11 is 0. The molecule has 0 saturated carbocycles. The minimum atomic E-state index is -4.76. The van der Waals surface area contributed by atoms with E-state index in [1.54, 1.807) is 6.92 Å². The van der Waals surface area contributed by atoms with Crippen LogP contribution in [-0.4, -0.2) is 26.9 Å². The first-order valence-electron chi connectivity index (χ1n) is 20.4. The molecule has 0 atom stereocenters. The van der Waals surface area contributed by atoms with Crippen molar-refractivity contribution in [3.05, 3.63) is 133 Å². The van der Waals surface area contributed by atoms with Crippen molar-refractivity contribution in [1.82, 2.24) is 18.5 Å². The topological polar surface area (TPSA) is 69.8 Å². The molecule has 0 radical (unpaired) electrons. The Bertz CT molecular complexity index is 3300. The maximum atomic E-state index is 14.4. The molecule has 6 nitrogen and oxygen atoms in total. The molecule has 7 heteroatoms. The van der Waals surface area contributed by atoms with Gasteiger partial charge in [-0.3, -0.25) is 4.57 Å². The first-order valence-corrected chi connectivity index (χ1v) is 13.8. The highest BCUT2D eigenvalue weighted by Gasteiger charge is 2.25. The van der Waals surface area contributed by atoms with Crippen LogP contribution in [0, 0.1) is 6.92 Å². The van der Waals surface area contributed by atoms with Gasteiger partial charge in [-0.2, -0.15) is 0 Å². The maximum absolute atomic E-state index is 14.4. The van der Waals surface area contributed by atoms with Gasteiger partial charge in [0, 0.05) is 39.6 Å². The van der Waals surface area contributed by atoms with Gasteiger partial charge < -0.3 is 0 Å². The van der Waals surface area contributed by atoms with Crippen LogP contribution in [0.15, 0.2) is 132 Å². The van der Waals surface area contributed by atoms with Crippen LogP contribution in [0.25, 0.3) is 60.7 Å². The number of hydrogen-bond donors (Lipinski definition) is 0. The van der Waals surface area contributed by atoms with Gasteiger partial charge in [-0.25, -0.2) is 22.4 Å². The Kier molecular flexibility index (Phi) is 2.85. The third-order valence-corrected chi connectivity index (χ3v) is 8.50. The third-order valence-electron chi connectivity index (χ3n) is 6.80. The summed E-state index contributed by atoms with van der Waals surface area (Å²) in [5, 5.41) is -1.48. The number of pyridine rings is 2. The van der Waals surface area contributed by atoms with E-state index in [2.05, 4.69) is 9.97 Å². The standard InChI is InChI=1S/C35H24N4O2S/c1-23-11-15-27(16-12-23)42(40,41)39-32-18-14-26(22-31(32)30-10-6-20-37-35(30)39)38-33-21-25(24-7-3-2-4-8-24)13-17-28(33)29-9-5-19-36-34(29)38/h2-22H,1H3/i2D,3D,4D,5D,6D,7D,8D,9D,10D,13D,14D,17D,18D,19D,20D,22D. The fourth-order valence-corrected chi connectivity index (χ4v) is 6.31. The summed E-state index contributed by atoms with van der Waals surface area (Å²) in [4.78, 5) is 7.90. The highest BCUT2D eigenvalue weighted by Crippen LogP contribution is 2.37. The molecule has 0 aliphatic carbocycles. The van der Waals surface area contributed by atoms with Crippen molar-refractivity contribution in [2.75, 3.05) is 0 Å². The molecule has 0 amide bonds. The molecule has 0 spiro atoms. The summed E-state index contributed by atoms with van der Waals surface area (Å²) in [5.41, 5.74) is -2.61. The van der Waals surface area contributed by atoms with Crippen molar-refractivity contribution in [2.45, 2.75) is 11.8 Å². The summed E-state index contributed by atoms with van der Waals surface area (Å²) in [7, 11) is -4.76. The van der Waals surface area contributed by atoms with E-state index in [0.29, 0.717) is 9.54 Å². The largest absolute Gasteiger partial charge is 0.294 e. The zero-order valence-corrected chi connectivity index (χ0v) is 22.2. The van der Waals surface area contributed by atoms with Gasteiger partial charge in [-0.15, -0.1) is 0 Å². The van der Waals surface area contributed by atoms with E-state index in [0.717, 1.165) is 10.6 Å². The fraction of sp³-hybridized carbons (Fsp3) is 0.0286. The van der Waals surface area contributed by atoms with Gasteiger partial charge in [-0.05, 0) is 78.5 Å². The van der Waals surface area contributed by atoms with Gasteiger partial charge in [0.1, 0.15) is 5.65 Å². The van der Waals surface area contributed by atoms with E-state index in [9.17, 15) is 12.5 Å². The highest BCUT2D eigenvalue weighted by atomic mass is 32.2. The average Bonchev–Trinajstić information content (AvgIpc) is 3.69. The molecule has 0 aliphatic rings. The third kappa shape index (κ3) is 3.60. The van der Waals surface area contributed by atoms with E-state index in [1.165, 1.54) is 24.3 Å². The molecule has 4 heterocycles. The number of hydrogen-bond acceptors (Lipinski definition) is 4. The lowest BCUT2D eigenvalue weighted by molar-refractivity contribution is 0.590. The van der Waals surface area contributed by atoms with Crippen LogP contribution >= 0.6 is 0 Å². The normalized spacial score (nSPS) is 17.5. The molecule has 0 unspecified atom stereocenters. The maximum Gasteiger partial charge on any atom is 0.269 e. The van der Waals surface area contributed by atoms with E-state index in [4.69, 9.17) is 17.8 Å². The van der Waals surface area contributed by atoms with Crippen molar-refractivity contribution >= 4 is 53.9 Å². The van der Waals surface area contributed by atoms with Crippen molar-refractivity contribution in [2.24, 2.45) is 0 Å². The Morgan fingerprint density at radius 3 is 2.14 bits per heavy atom. The Morgan fingerprint density at radius 1 is 0.667 bits per heavy atom. The van der Waals surface area contributed by atoms with Gasteiger partial charge in [0.2, 0.25) is 0 Å². The van der Waals surface area contributed by atoms with Gasteiger partial charge in [-0.1, -0.05) is 60.0 Å². The Labute approximate surface area is 264 Å². The summed E-state index contributed by atoms with van der Waals surface area (Å²) in [6.45, 7) is 1.72. The second-order valence-corrected chi connectivity index (χ2v) is 11.1. The fourth-order valence-electron chi connectivity index (χ4n) is 4.88. The second kappa shape index (κ2) is 9.12. The SMILES string of the molecule is [2H]c1nc2c(c([2H])c1[2H])c1c([2H])c([2H])c(-c3c([2H])c([2H])c([2H])c([2H])c3[2H])cc1n2-c1c([2H])c([2H])c2c(c1[2H])c1c([2H])c([2H])c([2H])nc1n2S(=O)(=O)c1ccc(C)cc1. The van der Waals surface area contributed by atoms with Gasteiger partial charge in [0.15, 0.2) is 5.65 Å². The number of nitrogens with zero attached hydrogens (tertiary/aromatic N) is 4. The van der Waals surface area contributed by atoms with E-state index < -0.39 is 146 Å². The minimum absolute atomic E-state index is 0.264. The molecule has 8 aromatic rings. The summed E-state index contributed by atoms with van der Waals surface area (Å²) < 4.78 is 170. The summed E-state index contributed by atoms with van der Waals surface area (Å²) in [6, 6.07) is -3.62. The van der Waals surface area contributed by atoms with Crippen molar-refractivity contribution < 1.29 is 30.3 Å². The summed E-state index contributed by atoms with van der Waals surface area (Å²) in [5.74, 6) is 0. The van der Waals surface area contributed by atoms with Crippen LogP contribution < -0.4 is 0 Å². The van der Waals surface area contributed by atoms with Crippen LogP contribution in [0.1, 0.15) is 27.5 Å². The van der Waals surface area contributed by atoms with Gasteiger partial charge in [0.25, 0.3) is 10.0 Å². The monoisotopic (exact) mass is 580 g/mol. The van der Waals surface area contributed by atoms with Crippen molar-refractivity contribution in [1.29, 1.82) is 0 Å². The molecule has 8 rings (SSSR count). The average molecular weight is 581 g/mol. The molecular formula is C35H24N4O2S. The van der Waals surface area contributed by atoms with Gasteiger partial charge >= 0.3 is 0 Å². The number of fused-ring (bicyclic) bond motifs is 6. The Morgan fingerprint density at radius 2 is 1.38 bits per heavy atom. The van der Waals surface area contributed by atoms with Crippen LogP contribution in [0.3, 0.4) is 0 Å². The predicted octanol–water partition coefficient (Wildman–Crippen LogP) is 7.89. The molecule has 4 aromatic carbocycles. The molecule has 0 aliphatic heterocycles. The zero-order chi connectivity index (χ0) is 42.3. The van der Waals surface area contributed by atoms with Crippen molar-refractivity contribution in [3.63, 3.8) is 0 Å². The highest BCUT2D eigenvalue weighted by molar-refractivity contribution is 7.90. The first kappa shape index (κ1) is 13.1. The predicted molar refractivity (Wildman–Crippen MR) is 169 cm³/mol. The molecule has 0 bridgehead atoms. The Balaban J connectivity index is 1.62. The van der Waals surface area contributed by atoms with Crippen LogP contribution in [0.2, 0.25) is 0 Å². The van der Waals surface area contributed by atoms with E-state index in [-0.39, 0.29) is 26.7 Å². The lowest BCUT2D eigenvalue weighted by atomic mass is 10.0. The van der Waals surface area contributed by atoms with Crippen LogP contribution in [0.4, 0.5) is 0 Å². The van der Waals surface area contributed by atoms with Crippen LogP contribution in [-0.2, 0) is 10.0 Å². The quantitative estimate of drug-likeness (QED) is 0.212. The number of aromatic nitrogens is 4. The number of aryl methyl sites for hydroxylation is 1. The Hall–Kier alpha value is -5.27. The first-order chi connectivity index (χ1) is 27.1. The van der Waals surface area contributed by atoms with E-state index >= 15 is 0 Å². The number of rotatable bonds is 4. The lowest BCUT2D eigenvalue weighted by Crippen LogP contribution is -2.13. The molecule has 0 saturated heterocycles. The molecule has 202 valence electrons.